The number of nitrogens with zero attached hydrogens (tertiary/aromatic N) is 3. The molecule has 1 saturated carbocycles. The Balaban J connectivity index is 1.41. The first kappa shape index (κ1) is 19.2. The largest absolute Gasteiger partial charge is 0.325 e. The lowest BCUT2D eigenvalue weighted by Crippen LogP contribution is -2.44. The minimum absolute atomic E-state index is 0.0463. The Morgan fingerprint density at radius 1 is 1.17 bits per heavy atom. The highest BCUT2D eigenvalue weighted by Gasteiger charge is 2.52. The minimum atomic E-state index is -0.739. The number of carbonyl (C=O) groups excluding carboxylic acids is 3. The number of anilines is 1. The van der Waals surface area contributed by atoms with E-state index in [0.29, 0.717) is 24.2 Å². The summed E-state index contributed by atoms with van der Waals surface area (Å²) in [5, 5.41) is 10.2. The summed E-state index contributed by atoms with van der Waals surface area (Å²) >= 11 is 0. The molecule has 8 heteroatoms. The number of hydrogen-bond donors (Lipinski definition) is 2. The Morgan fingerprint density at radius 3 is 2.55 bits per heavy atom. The number of para-hydroxylation sites is 1. The molecule has 2 aromatic rings. The van der Waals surface area contributed by atoms with E-state index in [-0.39, 0.29) is 24.8 Å². The molecule has 2 N–H and O–H groups in total. The van der Waals surface area contributed by atoms with Crippen molar-refractivity contribution in [3.8, 4) is 5.69 Å². The van der Waals surface area contributed by atoms with Crippen LogP contribution in [0.25, 0.3) is 5.69 Å². The first-order valence-electron chi connectivity index (χ1n) is 9.97. The van der Waals surface area contributed by atoms with Crippen molar-refractivity contribution in [2.24, 2.45) is 0 Å². The van der Waals surface area contributed by atoms with Gasteiger partial charge in [-0.2, -0.15) is 5.10 Å². The summed E-state index contributed by atoms with van der Waals surface area (Å²) < 4.78 is 1.78. The molecule has 2 aliphatic rings. The maximum absolute atomic E-state index is 12.7. The molecule has 2 heterocycles. The Morgan fingerprint density at radius 2 is 1.86 bits per heavy atom. The quantitative estimate of drug-likeness (QED) is 0.761. The zero-order valence-electron chi connectivity index (χ0n) is 16.7. The fourth-order valence-corrected chi connectivity index (χ4v) is 4.26. The van der Waals surface area contributed by atoms with Gasteiger partial charge in [0.15, 0.2) is 0 Å². The van der Waals surface area contributed by atoms with E-state index >= 15 is 0 Å². The van der Waals surface area contributed by atoms with E-state index in [0.717, 1.165) is 24.2 Å². The van der Waals surface area contributed by atoms with Crippen LogP contribution in [-0.4, -0.2) is 44.6 Å². The molecule has 4 rings (SSSR count). The number of carbonyl (C=O) groups is 3. The number of hydrogen-bond acceptors (Lipinski definition) is 4. The van der Waals surface area contributed by atoms with Gasteiger partial charge in [0.25, 0.3) is 5.91 Å². The van der Waals surface area contributed by atoms with Crippen molar-refractivity contribution >= 4 is 23.5 Å². The molecule has 8 nitrogen and oxygen atoms in total. The van der Waals surface area contributed by atoms with Crippen LogP contribution >= 0.6 is 0 Å². The van der Waals surface area contributed by atoms with Crippen LogP contribution in [0, 0.1) is 13.8 Å². The third-order valence-corrected chi connectivity index (χ3v) is 5.82. The van der Waals surface area contributed by atoms with E-state index in [1.54, 1.807) is 4.68 Å². The summed E-state index contributed by atoms with van der Waals surface area (Å²) in [6, 6.07) is 9.29. The van der Waals surface area contributed by atoms with Crippen LogP contribution in [0.2, 0.25) is 0 Å². The predicted molar refractivity (Wildman–Crippen MR) is 108 cm³/mol. The number of aryl methyl sites for hydroxylation is 1. The summed E-state index contributed by atoms with van der Waals surface area (Å²) in [7, 11) is 0. The van der Waals surface area contributed by atoms with Gasteiger partial charge in [-0.15, -0.1) is 0 Å². The van der Waals surface area contributed by atoms with Crippen molar-refractivity contribution in [1.29, 1.82) is 0 Å². The second-order valence-electron chi connectivity index (χ2n) is 7.77. The average Bonchev–Trinajstić information content (AvgIpc) is 3.35. The lowest BCUT2D eigenvalue weighted by molar-refractivity contribution is -0.131. The predicted octanol–water partition coefficient (Wildman–Crippen LogP) is 2.68. The van der Waals surface area contributed by atoms with Crippen molar-refractivity contribution in [3.63, 3.8) is 0 Å². The average molecular weight is 395 g/mol. The van der Waals surface area contributed by atoms with Gasteiger partial charge >= 0.3 is 6.03 Å². The molecule has 4 amide bonds. The summed E-state index contributed by atoms with van der Waals surface area (Å²) in [5.74, 6) is -0.450. The summed E-state index contributed by atoms with van der Waals surface area (Å²) in [5.41, 5.74) is 2.36. The van der Waals surface area contributed by atoms with Gasteiger partial charge < -0.3 is 10.6 Å². The lowest BCUT2D eigenvalue weighted by atomic mass is 9.98. The number of imide groups is 1. The summed E-state index contributed by atoms with van der Waals surface area (Å²) in [6.07, 6.45) is 3.27. The molecule has 1 aromatic heterocycles. The SMILES string of the molecule is Cc1nn(-c2ccccc2)c(C)c1NC(=O)CCN1C(=O)NC2(CCCC2)C1=O. The molecular formula is C21H25N5O3. The summed E-state index contributed by atoms with van der Waals surface area (Å²) in [6.45, 7) is 3.80. The molecule has 0 radical (unpaired) electrons. The minimum Gasteiger partial charge on any atom is -0.323 e. The van der Waals surface area contributed by atoms with Crippen molar-refractivity contribution in [1.82, 2.24) is 20.0 Å². The molecule has 152 valence electrons. The van der Waals surface area contributed by atoms with Crippen molar-refractivity contribution in [2.45, 2.75) is 51.5 Å². The number of benzene rings is 1. The van der Waals surface area contributed by atoms with Crippen molar-refractivity contribution in [2.75, 3.05) is 11.9 Å². The van der Waals surface area contributed by atoms with Gasteiger partial charge in [-0.25, -0.2) is 9.48 Å². The Labute approximate surface area is 169 Å². The molecule has 0 atom stereocenters. The Bertz CT molecular complexity index is 960. The fourth-order valence-electron chi connectivity index (χ4n) is 4.26. The van der Waals surface area contributed by atoms with Crippen LogP contribution in [0.3, 0.4) is 0 Å². The van der Waals surface area contributed by atoms with Gasteiger partial charge in [0.1, 0.15) is 5.54 Å². The molecular weight excluding hydrogens is 370 g/mol. The molecule has 1 saturated heterocycles. The zero-order valence-corrected chi connectivity index (χ0v) is 16.7. The first-order valence-corrected chi connectivity index (χ1v) is 9.97. The third-order valence-electron chi connectivity index (χ3n) is 5.82. The van der Waals surface area contributed by atoms with E-state index in [1.165, 1.54) is 4.90 Å². The molecule has 2 fully saturated rings. The Kier molecular flexibility index (Phi) is 4.86. The molecule has 1 spiro atoms. The second-order valence-corrected chi connectivity index (χ2v) is 7.77. The van der Waals surface area contributed by atoms with Crippen LogP contribution in [0.15, 0.2) is 30.3 Å². The molecule has 1 aliphatic carbocycles. The maximum Gasteiger partial charge on any atom is 0.325 e. The highest BCUT2D eigenvalue weighted by atomic mass is 16.2. The number of amides is 4. The number of rotatable bonds is 5. The molecule has 29 heavy (non-hydrogen) atoms. The van der Waals surface area contributed by atoms with Gasteiger partial charge in [-0.3, -0.25) is 14.5 Å². The van der Waals surface area contributed by atoms with E-state index in [2.05, 4.69) is 15.7 Å². The monoisotopic (exact) mass is 395 g/mol. The van der Waals surface area contributed by atoms with Gasteiger partial charge in [0, 0.05) is 13.0 Å². The topological polar surface area (TPSA) is 96.3 Å². The van der Waals surface area contributed by atoms with Gasteiger partial charge in [-0.05, 0) is 38.8 Å². The van der Waals surface area contributed by atoms with Crippen LogP contribution in [-0.2, 0) is 9.59 Å². The third kappa shape index (κ3) is 3.39. The summed E-state index contributed by atoms with van der Waals surface area (Å²) in [4.78, 5) is 38.6. The van der Waals surface area contributed by atoms with Gasteiger partial charge in [-0.1, -0.05) is 31.0 Å². The normalized spacial score (nSPS) is 17.8. The molecule has 1 aromatic carbocycles. The number of nitrogens with one attached hydrogen (secondary N) is 2. The number of aromatic nitrogens is 2. The first-order chi connectivity index (χ1) is 13.9. The van der Waals surface area contributed by atoms with Crippen molar-refractivity contribution in [3.05, 3.63) is 41.7 Å². The van der Waals surface area contributed by atoms with E-state index < -0.39 is 11.6 Å². The van der Waals surface area contributed by atoms with E-state index in [9.17, 15) is 14.4 Å². The second kappa shape index (κ2) is 7.35. The number of urea groups is 1. The van der Waals surface area contributed by atoms with E-state index in [4.69, 9.17) is 0 Å². The molecule has 0 unspecified atom stereocenters. The van der Waals surface area contributed by atoms with Gasteiger partial charge in [0.2, 0.25) is 5.91 Å². The van der Waals surface area contributed by atoms with Crippen LogP contribution in [0.5, 0.6) is 0 Å². The van der Waals surface area contributed by atoms with E-state index in [1.807, 2.05) is 44.2 Å². The highest BCUT2D eigenvalue weighted by molar-refractivity contribution is 6.07. The molecule has 1 aliphatic heterocycles. The standard InChI is InChI=1S/C21H25N5O3/c1-14-18(15(2)26(24-14)16-8-4-3-5-9-16)22-17(27)10-13-25-19(28)21(23-20(25)29)11-6-7-12-21/h3-5,8-9H,6-7,10-13H2,1-2H3,(H,22,27)(H,23,29). The van der Waals surface area contributed by atoms with Crippen LogP contribution < -0.4 is 10.6 Å². The smallest absolute Gasteiger partial charge is 0.323 e. The maximum atomic E-state index is 12.7. The van der Waals surface area contributed by atoms with Gasteiger partial charge in [0.05, 0.1) is 22.8 Å². The van der Waals surface area contributed by atoms with Crippen molar-refractivity contribution < 1.29 is 14.4 Å². The van der Waals surface area contributed by atoms with Crippen LogP contribution in [0.1, 0.15) is 43.5 Å². The van der Waals surface area contributed by atoms with Crippen LogP contribution in [0.4, 0.5) is 10.5 Å². The zero-order chi connectivity index (χ0) is 20.6. The molecule has 0 bridgehead atoms. The Hall–Kier alpha value is -3.16. The fraction of sp³-hybridized carbons (Fsp3) is 0.429. The lowest BCUT2D eigenvalue weighted by Gasteiger charge is -2.19. The highest BCUT2D eigenvalue weighted by Crippen LogP contribution is 2.35.